The van der Waals surface area contributed by atoms with Gasteiger partial charge < -0.3 is 5.73 Å². The van der Waals surface area contributed by atoms with Gasteiger partial charge in [-0.25, -0.2) is 0 Å². The molecule has 102 valence electrons. The van der Waals surface area contributed by atoms with Crippen LogP contribution in [-0.4, -0.2) is 16.3 Å². The lowest BCUT2D eigenvalue weighted by atomic mass is 9.99. The fourth-order valence-electron chi connectivity index (χ4n) is 2.09. The Morgan fingerprint density at radius 1 is 1.21 bits per heavy atom. The van der Waals surface area contributed by atoms with Gasteiger partial charge in [0.05, 0.1) is 11.8 Å². The average molecular weight is 269 g/mol. The molecule has 0 fully saturated rings. The van der Waals surface area contributed by atoms with Crippen molar-refractivity contribution in [1.29, 1.82) is 0 Å². The maximum absolute atomic E-state index is 13.0. The van der Waals surface area contributed by atoms with E-state index in [-0.39, 0.29) is 5.56 Å². The fraction of sp³-hybridized carbons (Fsp3) is 0.308. The van der Waals surface area contributed by atoms with Crippen LogP contribution in [0.1, 0.15) is 11.3 Å². The molecule has 0 aliphatic heterocycles. The van der Waals surface area contributed by atoms with Crippen molar-refractivity contribution in [1.82, 2.24) is 9.78 Å². The van der Waals surface area contributed by atoms with Crippen LogP contribution in [0.3, 0.4) is 0 Å². The van der Waals surface area contributed by atoms with Crippen LogP contribution in [-0.2, 0) is 19.6 Å². The van der Waals surface area contributed by atoms with Gasteiger partial charge in [-0.05, 0) is 18.2 Å². The van der Waals surface area contributed by atoms with E-state index in [4.69, 9.17) is 5.73 Å². The maximum atomic E-state index is 13.0. The van der Waals surface area contributed by atoms with E-state index in [1.807, 2.05) is 0 Å². The van der Waals surface area contributed by atoms with Gasteiger partial charge in [0.2, 0.25) is 0 Å². The molecule has 19 heavy (non-hydrogen) atoms. The quantitative estimate of drug-likeness (QED) is 0.930. The summed E-state index contributed by atoms with van der Waals surface area (Å²) >= 11 is 0. The first-order valence-electron chi connectivity index (χ1n) is 5.82. The SMILES string of the molecule is Cn1ncc(-c2ccccc2C(F)(F)F)c1CCN. The highest BCUT2D eigenvalue weighted by Gasteiger charge is 2.34. The number of hydrogen-bond acceptors (Lipinski definition) is 2. The van der Waals surface area contributed by atoms with Gasteiger partial charge >= 0.3 is 6.18 Å². The van der Waals surface area contributed by atoms with Crippen molar-refractivity contribution >= 4 is 0 Å². The van der Waals surface area contributed by atoms with E-state index in [0.717, 1.165) is 6.07 Å². The van der Waals surface area contributed by atoms with Gasteiger partial charge in [0, 0.05) is 24.7 Å². The van der Waals surface area contributed by atoms with Crippen molar-refractivity contribution in [2.45, 2.75) is 12.6 Å². The largest absolute Gasteiger partial charge is 0.417 e. The van der Waals surface area contributed by atoms with Crippen LogP contribution in [0, 0.1) is 0 Å². The molecule has 0 unspecified atom stereocenters. The molecular weight excluding hydrogens is 255 g/mol. The molecular formula is C13H14F3N3. The molecule has 0 aliphatic carbocycles. The van der Waals surface area contributed by atoms with Gasteiger partial charge in [-0.1, -0.05) is 18.2 Å². The lowest BCUT2D eigenvalue weighted by Gasteiger charge is -2.13. The third-order valence-corrected chi connectivity index (χ3v) is 2.97. The number of nitrogens with two attached hydrogens (primary N) is 1. The Morgan fingerprint density at radius 3 is 2.53 bits per heavy atom. The van der Waals surface area contributed by atoms with Gasteiger partial charge in [-0.3, -0.25) is 4.68 Å². The van der Waals surface area contributed by atoms with Crippen molar-refractivity contribution in [2.75, 3.05) is 6.54 Å². The van der Waals surface area contributed by atoms with Crippen molar-refractivity contribution in [3.8, 4) is 11.1 Å². The summed E-state index contributed by atoms with van der Waals surface area (Å²) in [6, 6.07) is 5.50. The molecule has 1 aromatic heterocycles. The lowest BCUT2D eigenvalue weighted by molar-refractivity contribution is -0.137. The molecule has 0 atom stereocenters. The summed E-state index contributed by atoms with van der Waals surface area (Å²) in [5.41, 5.74) is 6.18. The van der Waals surface area contributed by atoms with Crippen LogP contribution in [0.25, 0.3) is 11.1 Å². The predicted octanol–water partition coefficient (Wildman–Crippen LogP) is 2.61. The van der Waals surface area contributed by atoms with E-state index < -0.39 is 11.7 Å². The second kappa shape index (κ2) is 5.05. The van der Waals surface area contributed by atoms with E-state index in [0.29, 0.717) is 24.2 Å². The van der Waals surface area contributed by atoms with Crippen molar-refractivity contribution in [3.05, 3.63) is 41.7 Å². The lowest BCUT2D eigenvalue weighted by Crippen LogP contribution is -2.10. The van der Waals surface area contributed by atoms with Crippen LogP contribution < -0.4 is 5.73 Å². The number of rotatable bonds is 3. The molecule has 1 heterocycles. The zero-order valence-corrected chi connectivity index (χ0v) is 10.4. The third kappa shape index (κ3) is 2.63. The summed E-state index contributed by atoms with van der Waals surface area (Å²) in [7, 11) is 1.70. The van der Waals surface area contributed by atoms with Crippen LogP contribution >= 0.6 is 0 Å². The minimum absolute atomic E-state index is 0.145. The number of benzene rings is 1. The van der Waals surface area contributed by atoms with Crippen LogP contribution in [0.2, 0.25) is 0 Å². The van der Waals surface area contributed by atoms with Crippen molar-refractivity contribution < 1.29 is 13.2 Å². The first-order valence-corrected chi connectivity index (χ1v) is 5.82. The average Bonchev–Trinajstić information content (AvgIpc) is 2.71. The van der Waals surface area contributed by atoms with Crippen molar-refractivity contribution in [2.24, 2.45) is 12.8 Å². The summed E-state index contributed by atoms with van der Waals surface area (Å²) < 4.78 is 40.6. The second-order valence-electron chi connectivity index (χ2n) is 4.21. The number of nitrogens with zero attached hydrogens (tertiary/aromatic N) is 2. The molecule has 0 amide bonds. The minimum Gasteiger partial charge on any atom is -0.330 e. The van der Waals surface area contributed by atoms with Crippen molar-refractivity contribution in [3.63, 3.8) is 0 Å². The topological polar surface area (TPSA) is 43.8 Å². The standard InChI is InChI=1S/C13H14F3N3/c1-19-12(6-7-17)10(8-18-19)9-4-2-3-5-11(9)13(14,15)16/h2-5,8H,6-7,17H2,1H3. The summed E-state index contributed by atoms with van der Waals surface area (Å²) in [6.45, 7) is 0.362. The molecule has 0 saturated carbocycles. The molecule has 2 rings (SSSR count). The van der Waals surface area contributed by atoms with E-state index in [9.17, 15) is 13.2 Å². The Hall–Kier alpha value is -1.82. The third-order valence-electron chi connectivity index (χ3n) is 2.97. The number of hydrogen-bond donors (Lipinski definition) is 1. The fourth-order valence-corrected chi connectivity index (χ4v) is 2.09. The smallest absolute Gasteiger partial charge is 0.330 e. The first kappa shape index (κ1) is 13.6. The van der Waals surface area contributed by atoms with E-state index in [2.05, 4.69) is 5.10 Å². The molecule has 0 aliphatic rings. The van der Waals surface area contributed by atoms with Gasteiger partial charge in [0.1, 0.15) is 0 Å². The minimum atomic E-state index is -4.38. The number of aromatic nitrogens is 2. The summed E-state index contributed by atoms with van der Waals surface area (Å²) in [6.07, 6.45) is -2.44. The van der Waals surface area contributed by atoms with Gasteiger partial charge in [0.15, 0.2) is 0 Å². The Kier molecular flexibility index (Phi) is 3.61. The molecule has 0 radical (unpaired) electrons. The zero-order chi connectivity index (χ0) is 14.0. The maximum Gasteiger partial charge on any atom is 0.417 e. The Bertz CT molecular complexity index is 573. The first-order chi connectivity index (χ1) is 8.95. The highest BCUT2D eigenvalue weighted by molar-refractivity contribution is 5.69. The molecule has 2 aromatic rings. The predicted molar refractivity (Wildman–Crippen MR) is 66.4 cm³/mol. The molecule has 0 bridgehead atoms. The van der Waals surface area contributed by atoms with Crippen LogP contribution in [0.4, 0.5) is 13.2 Å². The zero-order valence-electron chi connectivity index (χ0n) is 10.4. The molecule has 0 saturated heterocycles. The highest BCUT2D eigenvalue weighted by atomic mass is 19.4. The van der Waals surface area contributed by atoms with Gasteiger partial charge in [-0.15, -0.1) is 0 Å². The van der Waals surface area contributed by atoms with Gasteiger partial charge in [-0.2, -0.15) is 18.3 Å². The molecule has 3 nitrogen and oxygen atoms in total. The second-order valence-corrected chi connectivity index (χ2v) is 4.21. The molecule has 2 N–H and O–H groups in total. The number of halogens is 3. The Balaban J connectivity index is 2.60. The highest BCUT2D eigenvalue weighted by Crippen LogP contribution is 2.37. The number of aryl methyl sites for hydroxylation is 1. The van der Waals surface area contributed by atoms with E-state index >= 15 is 0 Å². The Labute approximate surface area is 108 Å². The monoisotopic (exact) mass is 269 g/mol. The van der Waals surface area contributed by atoms with E-state index in [1.165, 1.54) is 18.3 Å². The summed E-state index contributed by atoms with van der Waals surface area (Å²) in [5, 5.41) is 4.03. The number of alkyl halides is 3. The van der Waals surface area contributed by atoms with Gasteiger partial charge in [0.25, 0.3) is 0 Å². The van der Waals surface area contributed by atoms with Crippen LogP contribution in [0.15, 0.2) is 30.5 Å². The van der Waals surface area contributed by atoms with E-state index in [1.54, 1.807) is 17.8 Å². The van der Waals surface area contributed by atoms with Crippen LogP contribution in [0.5, 0.6) is 0 Å². The normalized spacial score (nSPS) is 11.8. The Morgan fingerprint density at radius 2 is 1.89 bits per heavy atom. The molecule has 1 aromatic carbocycles. The molecule has 6 heteroatoms. The summed E-state index contributed by atoms with van der Waals surface area (Å²) in [4.78, 5) is 0. The summed E-state index contributed by atoms with van der Waals surface area (Å²) in [5.74, 6) is 0. The molecule has 0 spiro atoms.